The van der Waals surface area contributed by atoms with Crippen LogP contribution < -0.4 is 27.0 Å². The van der Waals surface area contributed by atoms with Crippen LogP contribution in [0.4, 0.5) is 0 Å². The Morgan fingerprint density at radius 1 is 0.269 bits per heavy atom. The fraction of sp³-hybridized carbons (Fsp3) is 0.785. The zero-order valence-electron chi connectivity index (χ0n) is 81.2. The minimum atomic E-state index is -1.96. The van der Waals surface area contributed by atoms with Crippen molar-refractivity contribution >= 4 is 47.3 Å². The first-order valence-electron chi connectivity index (χ1n) is 47.3. The highest BCUT2D eigenvalue weighted by molar-refractivity contribution is 5.87. The predicted molar refractivity (Wildman–Crippen MR) is 510 cm³/mol. The topological polar surface area (TPSA) is 802 Å². The number of carboxylic acids is 1. The minimum absolute atomic E-state index is 0. The molecule has 0 saturated carbocycles. The zero-order chi connectivity index (χ0) is 106. The van der Waals surface area contributed by atoms with Gasteiger partial charge in [-0.1, -0.05) is 75.5 Å². The lowest BCUT2D eigenvalue weighted by Crippen LogP contribution is -2.51. The normalized spacial score (nSPS) is 15.1. The number of hydrogen-bond acceptors (Lipinski definition) is 47. The van der Waals surface area contributed by atoms with Gasteiger partial charge in [0, 0.05) is 83.8 Å². The van der Waals surface area contributed by atoms with Crippen molar-refractivity contribution in [3.8, 4) is 0 Å². The number of hydrogen-bond donors (Lipinski definition) is 26. The molecule has 0 aliphatic heterocycles. The van der Waals surface area contributed by atoms with Gasteiger partial charge < -0.3 is 220 Å². The quantitative estimate of drug-likeness (QED) is 0.0216. The van der Waals surface area contributed by atoms with E-state index in [9.17, 15) is 120 Å². The van der Waals surface area contributed by atoms with Crippen LogP contribution in [0.2, 0.25) is 0 Å². The largest absolute Gasteiger partial charge is 0.481 e. The van der Waals surface area contributed by atoms with Crippen LogP contribution in [-0.4, -0.2) is 522 Å². The van der Waals surface area contributed by atoms with E-state index in [2.05, 4.69) is 21.3 Å². The highest BCUT2D eigenvalue weighted by Crippen LogP contribution is 2.17. The van der Waals surface area contributed by atoms with E-state index in [1.807, 2.05) is 60.7 Å². The number of aliphatic hydroxyl groups excluding tert-OH is 20. The molecule has 2 rings (SSSR count). The van der Waals surface area contributed by atoms with E-state index in [4.69, 9.17) is 117 Å². The van der Waals surface area contributed by atoms with Crippen LogP contribution in [-0.2, 0) is 137 Å². The fourth-order valence-corrected chi connectivity index (χ4v) is 11.3. The molecule has 0 spiro atoms. The molecule has 0 heterocycles. The molecule has 52 nitrogen and oxygen atoms in total. The van der Waals surface area contributed by atoms with Gasteiger partial charge in [-0.25, -0.2) is 0 Å². The molecule has 0 saturated heterocycles. The number of benzene rings is 2. The highest BCUT2D eigenvalue weighted by atomic mass is 16.6. The SMILES string of the molecule is C.C.N[C@@H](CCC(=O)NC[C@H](O)[C@@H](O)[C@H](O)[C@H](O)CO)C(=O)NC[C@H](O)[C@@H](O)[C@H](O)[C@H](O)CO.O=C(CCOCCOCCOCCOCCOCCOCCOCCOCCCC(=O)OCc1ccccc1)C[C@@H](CCC(=O)NC[C@H](O)[C@@H](O)[C@H](O)[C@H](O)CO)C(=O)NC[C@H](O)[C@@H](O)[C@H](O)[C@H](O)CO.O=C(O)CCOCCOCCOCCOCCOCCOCCOCCOCCCC(=O)OCc1ccccc1. The summed E-state index contributed by atoms with van der Waals surface area (Å²) in [6, 6.07) is 17.9. The van der Waals surface area contributed by atoms with Crippen LogP contribution in [0.25, 0.3) is 0 Å². The average molecular weight is 2110 g/mol. The first-order chi connectivity index (χ1) is 68.8. The molecule has 52 heteroatoms. The van der Waals surface area contributed by atoms with Crippen LogP contribution >= 0.6 is 0 Å². The summed E-state index contributed by atoms with van der Waals surface area (Å²) in [5.74, 6) is -5.88. The van der Waals surface area contributed by atoms with Gasteiger partial charge in [-0.2, -0.15) is 0 Å². The van der Waals surface area contributed by atoms with Gasteiger partial charge in [0.1, 0.15) is 92.2 Å². The molecule has 848 valence electrons. The first kappa shape index (κ1) is 142. The molecule has 0 fully saturated rings. The average Bonchev–Trinajstić information content (AvgIpc) is 0.893. The summed E-state index contributed by atoms with van der Waals surface area (Å²) in [7, 11) is 0. The van der Waals surface area contributed by atoms with Gasteiger partial charge in [0.25, 0.3) is 0 Å². The van der Waals surface area contributed by atoms with Crippen LogP contribution in [0, 0.1) is 5.92 Å². The van der Waals surface area contributed by atoms with Gasteiger partial charge >= 0.3 is 17.9 Å². The van der Waals surface area contributed by atoms with Crippen molar-refractivity contribution in [1.82, 2.24) is 21.3 Å². The lowest BCUT2D eigenvalue weighted by Gasteiger charge is -2.26. The van der Waals surface area contributed by atoms with Crippen molar-refractivity contribution in [2.75, 3.05) is 264 Å². The Bertz CT molecular complexity index is 3390. The molecule has 0 aromatic heterocycles. The molecular formula is C93H169N5O47. The molecular weight excluding hydrogens is 1940 g/mol. The predicted octanol–water partition coefficient (Wildman–Crippen LogP) is -8.92. The smallest absolute Gasteiger partial charge is 0.306 e. The number of ether oxygens (including phenoxy) is 18. The number of aliphatic hydroxyl groups is 20. The molecule has 4 amide bonds. The standard InChI is InChI=1S/C46H80N2O23.C28H46O12.C17H35N3O12.2CH4/c49-30-38(54)44(60)42(58)36(52)28-47-40(56)9-8-34(46(62)48-29-37(53)43(59)45(61)39(55)31-50)27-35(51)10-12-64-14-16-66-18-20-68-22-24-70-26-25-69-23-21-67-19-17-65-15-13-63-11-4-7-41(57)71-32-33-5-2-1-3-6-33;29-27(30)8-10-33-12-14-35-16-18-37-20-22-39-24-23-38-21-19-36-17-15-34-13-11-32-9-4-7-28(31)40-25-26-5-2-1-3-6-26;18-7(17(32)20-4-9(24)14(29)16(31)11(26)6-22)1-2-12(27)19-3-8(23)13(28)15(30)10(25)5-21;;/h1-3,5-6,34,36-39,42-45,49-50,52-55,58-61H,4,7-32H2,(H,47,56)(H,48,62);1-3,5-6H,4,7-25H2,(H,29,30);7-11,13-16,21-26,28-31H,1-6,18H2,(H,19,27)(H,20,32);2*1H4/t34-,36+,37+,38-,39-,42-,43-,44-,45-;;7-,8-,9-,10+,11+,13+,14+,15+,16+;;/m1.0../s1. The molecule has 0 unspecified atom stereocenters. The van der Waals surface area contributed by atoms with Crippen molar-refractivity contribution in [1.29, 1.82) is 0 Å². The van der Waals surface area contributed by atoms with E-state index in [1.165, 1.54) is 0 Å². The third-order valence-corrected chi connectivity index (χ3v) is 19.9. The second-order valence-electron chi connectivity index (χ2n) is 31.6. The Hall–Kier alpha value is -7.08. The highest BCUT2D eigenvalue weighted by Gasteiger charge is 2.35. The lowest BCUT2D eigenvalue weighted by atomic mass is 9.94. The third-order valence-electron chi connectivity index (χ3n) is 19.9. The maximum Gasteiger partial charge on any atom is 0.306 e. The van der Waals surface area contributed by atoms with Gasteiger partial charge in [-0.05, 0) is 36.8 Å². The van der Waals surface area contributed by atoms with E-state index < -0.39 is 198 Å². The minimum Gasteiger partial charge on any atom is -0.481 e. The Labute approximate surface area is 846 Å². The molecule has 0 radical (unpaired) electrons. The maximum absolute atomic E-state index is 13.1. The molecule has 27 N–H and O–H groups in total. The molecule has 0 bridgehead atoms. The summed E-state index contributed by atoms with van der Waals surface area (Å²) in [4.78, 5) is 95.9. The van der Waals surface area contributed by atoms with Gasteiger partial charge in [0.15, 0.2) is 0 Å². The van der Waals surface area contributed by atoms with Gasteiger partial charge in [0.05, 0.1) is 262 Å². The monoisotopic (exact) mass is 2110 g/mol. The molecule has 2 aromatic carbocycles. The van der Waals surface area contributed by atoms with Crippen LogP contribution in [0.5, 0.6) is 0 Å². The van der Waals surface area contributed by atoms with Crippen LogP contribution in [0.15, 0.2) is 60.7 Å². The number of carboxylic acid groups (broad SMARTS) is 1. The molecule has 18 atom stereocenters. The maximum atomic E-state index is 13.1. The molecule has 145 heavy (non-hydrogen) atoms. The molecule has 0 aliphatic rings. The lowest BCUT2D eigenvalue weighted by molar-refractivity contribution is -0.146. The third kappa shape index (κ3) is 79.6. The summed E-state index contributed by atoms with van der Waals surface area (Å²) in [5.41, 5.74) is 7.54. The van der Waals surface area contributed by atoms with Crippen LogP contribution in [0.3, 0.4) is 0 Å². The number of carbonyl (C=O) groups excluding carboxylic acids is 7. The first-order valence-corrected chi connectivity index (χ1v) is 47.3. The van der Waals surface area contributed by atoms with Crippen molar-refractivity contribution in [2.24, 2.45) is 11.7 Å². The Kier molecular flexibility index (Phi) is 94.5. The fourth-order valence-electron chi connectivity index (χ4n) is 11.3. The van der Waals surface area contributed by atoms with E-state index in [0.29, 0.717) is 211 Å². The molecule has 0 aliphatic carbocycles. The number of aliphatic carboxylic acids is 1. The summed E-state index contributed by atoms with van der Waals surface area (Å²) in [6.45, 7) is 7.27. The molecule has 2 aromatic rings. The second-order valence-corrected chi connectivity index (χ2v) is 31.6. The summed E-state index contributed by atoms with van der Waals surface area (Å²) in [6.07, 6.45) is -28.6. The number of Topliss-reactive ketones (excluding diaryl/α,β-unsaturated/α-hetero) is 1. The Morgan fingerprint density at radius 2 is 0.497 bits per heavy atom. The van der Waals surface area contributed by atoms with E-state index in [1.54, 1.807) is 0 Å². The number of nitrogens with one attached hydrogen (secondary N) is 4. The number of carbonyl (C=O) groups is 8. The number of ketones is 1. The van der Waals surface area contributed by atoms with Crippen molar-refractivity contribution in [2.45, 2.75) is 202 Å². The number of nitrogens with two attached hydrogens (primary N) is 1. The summed E-state index contributed by atoms with van der Waals surface area (Å²) in [5, 5.41) is 208. The van der Waals surface area contributed by atoms with E-state index >= 15 is 0 Å². The zero-order valence-corrected chi connectivity index (χ0v) is 81.2. The van der Waals surface area contributed by atoms with E-state index in [0.717, 1.165) is 11.1 Å². The second kappa shape index (κ2) is 96.5. The summed E-state index contributed by atoms with van der Waals surface area (Å²) >= 11 is 0. The van der Waals surface area contributed by atoms with Crippen molar-refractivity contribution in [3.05, 3.63) is 71.8 Å². The van der Waals surface area contributed by atoms with E-state index in [-0.39, 0.29) is 111 Å². The number of esters is 2. The number of amides is 4. The number of rotatable bonds is 94. The van der Waals surface area contributed by atoms with Gasteiger partial charge in [0.2, 0.25) is 23.6 Å². The Morgan fingerprint density at radius 3 is 0.759 bits per heavy atom. The Balaban J connectivity index is -0.00000229. The van der Waals surface area contributed by atoms with Gasteiger partial charge in [-0.3, -0.25) is 38.4 Å². The van der Waals surface area contributed by atoms with Crippen molar-refractivity contribution in [3.63, 3.8) is 0 Å². The van der Waals surface area contributed by atoms with Crippen molar-refractivity contribution < 1.29 is 231 Å². The van der Waals surface area contributed by atoms with Gasteiger partial charge in [-0.15, -0.1) is 0 Å². The summed E-state index contributed by atoms with van der Waals surface area (Å²) < 4.78 is 97.2. The van der Waals surface area contributed by atoms with Crippen LogP contribution in [0.1, 0.15) is 96.6 Å².